The van der Waals surface area contributed by atoms with E-state index >= 15 is 0 Å². The molecule has 0 saturated carbocycles. The Labute approximate surface area is 202 Å². The van der Waals surface area contributed by atoms with Gasteiger partial charge in [-0.05, 0) is 49.8 Å². The Morgan fingerprint density at radius 1 is 1.09 bits per heavy atom. The van der Waals surface area contributed by atoms with E-state index in [1.165, 1.54) is 16.9 Å². The molecule has 3 rings (SSSR count). The summed E-state index contributed by atoms with van der Waals surface area (Å²) in [6, 6.07) is 15.8. The average Bonchev–Trinajstić information content (AvgIpc) is 3.16. The Hall–Kier alpha value is -2.42. The second kappa shape index (κ2) is 13.3. The third-order valence-electron chi connectivity index (χ3n) is 4.87. The number of benzene rings is 2. The second-order valence-electron chi connectivity index (χ2n) is 7.28. The lowest BCUT2D eigenvalue weighted by atomic mass is 10.2. The lowest BCUT2D eigenvalue weighted by Gasteiger charge is -2.06. The predicted octanol–water partition coefficient (Wildman–Crippen LogP) is 5.06. The molecule has 0 aliphatic heterocycles. The van der Waals surface area contributed by atoms with E-state index in [-0.39, 0.29) is 11.9 Å². The molecule has 1 aromatic heterocycles. The van der Waals surface area contributed by atoms with Crippen LogP contribution in [-0.2, 0) is 26.6 Å². The Kier molecular flexibility index (Phi) is 10.2. The number of esters is 1. The smallest absolute Gasteiger partial charge is 0.338 e. The lowest BCUT2D eigenvalue weighted by molar-refractivity contribution is -0.118. The van der Waals surface area contributed by atoms with Gasteiger partial charge in [-0.25, -0.2) is 4.79 Å². The summed E-state index contributed by atoms with van der Waals surface area (Å²) in [5.74, 6) is 1.38. The number of aromatic nitrogens is 1. The number of rotatable bonds is 12. The van der Waals surface area contributed by atoms with Crippen molar-refractivity contribution >= 4 is 45.2 Å². The number of thiazole rings is 1. The highest BCUT2D eigenvalue weighted by molar-refractivity contribution is 7.98. The van der Waals surface area contributed by atoms with Gasteiger partial charge >= 0.3 is 5.97 Å². The fourth-order valence-corrected chi connectivity index (χ4v) is 5.30. The number of carbonyl (C=O) groups excluding carboxylic acids is 2. The molecule has 0 aliphatic carbocycles. The summed E-state index contributed by atoms with van der Waals surface area (Å²) < 4.78 is 13.5. The van der Waals surface area contributed by atoms with Crippen LogP contribution in [0.1, 0.15) is 42.6 Å². The van der Waals surface area contributed by atoms with Gasteiger partial charge in [-0.2, -0.15) is 16.8 Å². The van der Waals surface area contributed by atoms with E-state index in [0.717, 1.165) is 28.1 Å². The standard InChI is InChI=1S/C25H30N2O4S2/c1-3-30-15-14-27-21-13-12-20(24(29)31-4-2)17-22(21)33-25(27)26-23(28)11-8-16-32-18-19-9-6-5-7-10-19/h5-7,9-10,12-13,17H,3-4,8,11,14-16,18H2,1-2H3. The van der Waals surface area contributed by atoms with Crippen LogP contribution in [0.3, 0.4) is 0 Å². The van der Waals surface area contributed by atoms with E-state index in [2.05, 4.69) is 17.1 Å². The summed E-state index contributed by atoms with van der Waals surface area (Å²) in [5.41, 5.74) is 2.72. The van der Waals surface area contributed by atoms with Crippen molar-refractivity contribution in [3.8, 4) is 0 Å². The van der Waals surface area contributed by atoms with Crippen LogP contribution >= 0.6 is 23.1 Å². The normalized spacial score (nSPS) is 11.8. The zero-order valence-corrected chi connectivity index (χ0v) is 20.8. The molecule has 0 spiro atoms. The predicted molar refractivity (Wildman–Crippen MR) is 135 cm³/mol. The first-order valence-corrected chi connectivity index (χ1v) is 13.2. The number of hydrogen-bond donors (Lipinski definition) is 0. The van der Waals surface area contributed by atoms with Crippen LogP contribution in [0.2, 0.25) is 0 Å². The van der Waals surface area contributed by atoms with Crippen molar-refractivity contribution in [3.63, 3.8) is 0 Å². The minimum absolute atomic E-state index is 0.127. The number of ether oxygens (including phenoxy) is 2. The molecule has 0 saturated heterocycles. The van der Waals surface area contributed by atoms with Gasteiger partial charge in [0.05, 0.1) is 29.0 Å². The van der Waals surface area contributed by atoms with Crippen molar-refractivity contribution in [2.45, 2.75) is 39.0 Å². The number of fused-ring (bicyclic) bond motifs is 1. The Morgan fingerprint density at radius 2 is 1.91 bits per heavy atom. The van der Waals surface area contributed by atoms with E-state index in [1.54, 1.807) is 19.1 Å². The van der Waals surface area contributed by atoms with Crippen LogP contribution in [0.5, 0.6) is 0 Å². The first kappa shape index (κ1) is 25.2. The maximum atomic E-state index is 12.6. The molecule has 1 heterocycles. The van der Waals surface area contributed by atoms with Gasteiger partial charge in [-0.3, -0.25) is 4.79 Å². The second-order valence-corrected chi connectivity index (χ2v) is 9.40. The summed E-state index contributed by atoms with van der Waals surface area (Å²) in [7, 11) is 0. The van der Waals surface area contributed by atoms with Gasteiger partial charge in [0.25, 0.3) is 0 Å². The first-order valence-electron chi connectivity index (χ1n) is 11.2. The third kappa shape index (κ3) is 7.55. The molecule has 0 N–H and O–H groups in total. The van der Waals surface area contributed by atoms with Crippen LogP contribution in [0.15, 0.2) is 53.5 Å². The molecule has 33 heavy (non-hydrogen) atoms. The van der Waals surface area contributed by atoms with Crippen LogP contribution < -0.4 is 4.80 Å². The van der Waals surface area contributed by atoms with Crippen molar-refractivity contribution in [3.05, 3.63) is 64.5 Å². The van der Waals surface area contributed by atoms with Gasteiger partial charge in [-0.1, -0.05) is 41.7 Å². The van der Waals surface area contributed by atoms with Crippen molar-refractivity contribution in [2.75, 3.05) is 25.6 Å². The minimum Gasteiger partial charge on any atom is -0.462 e. The monoisotopic (exact) mass is 486 g/mol. The summed E-state index contributed by atoms with van der Waals surface area (Å²) in [4.78, 5) is 29.7. The number of thioether (sulfide) groups is 1. The van der Waals surface area contributed by atoms with Gasteiger partial charge in [0.1, 0.15) is 0 Å². The zero-order valence-electron chi connectivity index (χ0n) is 19.1. The van der Waals surface area contributed by atoms with Crippen molar-refractivity contribution in [2.24, 2.45) is 4.99 Å². The third-order valence-corrected chi connectivity index (χ3v) is 7.02. The van der Waals surface area contributed by atoms with E-state index in [1.807, 2.05) is 47.5 Å². The van der Waals surface area contributed by atoms with Gasteiger partial charge in [-0.15, -0.1) is 0 Å². The summed E-state index contributed by atoms with van der Waals surface area (Å²) in [6.07, 6.45) is 1.20. The fourth-order valence-electron chi connectivity index (χ4n) is 3.27. The molecule has 0 bridgehead atoms. The summed E-state index contributed by atoms with van der Waals surface area (Å²) >= 11 is 3.23. The van der Waals surface area contributed by atoms with E-state index in [4.69, 9.17) is 9.47 Å². The molecule has 1 amide bonds. The molecule has 8 heteroatoms. The largest absolute Gasteiger partial charge is 0.462 e. The maximum absolute atomic E-state index is 12.6. The van der Waals surface area contributed by atoms with Crippen LogP contribution in [0.25, 0.3) is 10.2 Å². The lowest BCUT2D eigenvalue weighted by Crippen LogP contribution is -2.19. The van der Waals surface area contributed by atoms with E-state index < -0.39 is 0 Å². The van der Waals surface area contributed by atoms with Crippen molar-refractivity contribution in [1.29, 1.82) is 0 Å². The highest BCUT2D eigenvalue weighted by Gasteiger charge is 2.12. The number of nitrogens with zero attached hydrogens (tertiary/aromatic N) is 2. The molecule has 6 nitrogen and oxygen atoms in total. The van der Waals surface area contributed by atoms with E-state index in [0.29, 0.717) is 43.2 Å². The highest BCUT2D eigenvalue weighted by Crippen LogP contribution is 2.20. The topological polar surface area (TPSA) is 69.9 Å². The molecule has 0 unspecified atom stereocenters. The van der Waals surface area contributed by atoms with Gasteiger partial charge in [0.15, 0.2) is 4.80 Å². The van der Waals surface area contributed by atoms with Crippen LogP contribution in [-0.4, -0.2) is 42.0 Å². The van der Waals surface area contributed by atoms with Gasteiger partial charge in [0, 0.05) is 25.3 Å². The number of hydrogen-bond acceptors (Lipinski definition) is 6. The quantitative estimate of drug-likeness (QED) is 0.264. The molecular weight excluding hydrogens is 456 g/mol. The molecule has 176 valence electrons. The summed E-state index contributed by atoms with van der Waals surface area (Å²) in [6.45, 7) is 5.81. The van der Waals surface area contributed by atoms with Crippen LogP contribution in [0.4, 0.5) is 0 Å². The molecule has 2 aromatic carbocycles. The van der Waals surface area contributed by atoms with Crippen molar-refractivity contribution < 1.29 is 19.1 Å². The fraction of sp³-hybridized carbons (Fsp3) is 0.400. The molecule has 0 atom stereocenters. The number of amides is 1. The average molecular weight is 487 g/mol. The maximum Gasteiger partial charge on any atom is 0.338 e. The Bertz CT molecular complexity index is 1120. The molecule has 3 aromatic rings. The summed E-state index contributed by atoms with van der Waals surface area (Å²) in [5, 5.41) is 0. The molecule has 0 fully saturated rings. The Morgan fingerprint density at radius 3 is 2.67 bits per heavy atom. The molecule has 0 radical (unpaired) electrons. The molecular formula is C25H30N2O4S2. The highest BCUT2D eigenvalue weighted by atomic mass is 32.2. The van der Waals surface area contributed by atoms with E-state index in [9.17, 15) is 9.59 Å². The Balaban J connectivity index is 1.69. The van der Waals surface area contributed by atoms with Crippen molar-refractivity contribution in [1.82, 2.24) is 4.57 Å². The van der Waals surface area contributed by atoms with Gasteiger partial charge < -0.3 is 14.0 Å². The van der Waals surface area contributed by atoms with Crippen LogP contribution in [0, 0.1) is 0 Å². The first-order chi connectivity index (χ1) is 16.1. The van der Waals surface area contributed by atoms with Gasteiger partial charge in [0.2, 0.25) is 5.91 Å². The number of carbonyl (C=O) groups is 2. The zero-order chi connectivity index (χ0) is 23.5. The molecule has 0 aliphatic rings. The minimum atomic E-state index is -0.351. The SMILES string of the molecule is CCOCCn1c(=NC(=O)CCCSCc2ccccc2)sc2cc(C(=O)OCC)ccc21.